The van der Waals surface area contributed by atoms with Crippen molar-refractivity contribution in [3.05, 3.63) is 65.5 Å². The van der Waals surface area contributed by atoms with Crippen LogP contribution in [0.15, 0.2) is 54.4 Å². The van der Waals surface area contributed by atoms with E-state index in [0.717, 1.165) is 52.6 Å². The molecule has 3 N–H and O–H groups in total. The molecule has 34 heavy (non-hydrogen) atoms. The zero-order valence-electron chi connectivity index (χ0n) is 19.8. The van der Waals surface area contributed by atoms with E-state index in [4.69, 9.17) is 9.72 Å². The Hall–Kier alpha value is -3.81. The standard InChI is InChI=1S/C26H30N6O2/c1-15(2)34-22-7-5-6-18(11-22)16(3)28-23-13-24(30-21-8-9-21)32-26(31-23)20(14-27-32)10-19-12-25(33)29-17(19)4/h5-7,10-11,13-16,21,30H,4,8-9,12H2,1-3H3,(H,28,31)(H,29,33)/b19-10+. The van der Waals surface area contributed by atoms with Crippen molar-refractivity contribution in [1.82, 2.24) is 19.9 Å². The lowest BCUT2D eigenvalue weighted by Crippen LogP contribution is -2.12. The second kappa shape index (κ2) is 8.85. The summed E-state index contributed by atoms with van der Waals surface area (Å²) in [6, 6.07) is 10.6. The molecule has 0 bridgehead atoms. The molecule has 1 amide bonds. The highest BCUT2D eigenvalue weighted by atomic mass is 16.5. The normalized spacial score (nSPS) is 17.9. The van der Waals surface area contributed by atoms with Gasteiger partial charge < -0.3 is 20.7 Å². The number of hydrogen-bond acceptors (Lipinski definition) is 6. The molecule has 2 fully saturated rings. The molecule has 1 atom stereocenters. The molecule has 5 rings (SSSR count). The Morgan fingerprint density at radius 3 is 2.79 bits per heavy atom. The number of amides is 1. The summed E-state index contributed by atoms with van der Waals surface area (Å²) in [5.41, 5.74) is 4.16. The summed E-state index contributed by atoms with van der Waals surface area (Å²) in [5, 5.41) is 14.4. The maximum Gasteiger partial charge on any atom is 0.228 e. The van der Waals surface area contributed by atoms with Gasteiger partial charge in [-0.15, -0.1) is 0 Å². The van der Waals surface area contributed by atoms with Crippen LogP contribution in [0.5, 0.6) is 5.75 Å². The topological polar surface area (TPSA) is 92.6 Å². The lowest BCUT2D eigenvalue weighted by atomic mass is 10.1. The number of anilines is 2. The van der Waals surface area contributed by atoms with E-state index in [0.29, 0.717) is 18.2 Å². The van der Waals surface area contributed by atoms with Gasteiger partial charge in [-0.1, -0.05) is 18.7 Å². The first-order valence-electron chi connectivity index (χ1n) is 11.7. The van der Waals surface area contributed by atoms with Gasteiger partial charge in [-0.3, -0.25) is 4.79 Å². The summed E-state index contributed by atoms with van der Waals surface area (Å²) >= 11 is 0. The molecule has 8 nitrogen and oxygen atoms in total. The monoisotopic (exact) mass is 458 g/mol. The zero-order chi connectivity index (χ0) is 23.8. The molecule has 8 heteroatoms. The second-order valence-corrected chi connectivity index (χ2v) is 9.26. The minimum absolute atomic E-state index is 0.0144. The fourth-order valence-corrected chi connectivity index (χ4v) is 4.03. The van der Waals surface area contributed by atoms with Crippen LogP contribution in [0, 0.1) is 0 Å². The Labute approximate surface area is 199 Å². The number of rotatable bonds is 8. The average Bonchev–Trinajstić information content (AvgIpc) is 3.42. The van der Waals surface area contributed by atoms with Crippen LogP contribution in [0.3, 0.4) is 0 Å². The molecule has 3 aromatic rings. The van der Waals surface area contributed by atoms with E-state index in [2.05, 4.69) is 46.7 Å². The highest BCUT2D eigenvalue weighted by Gasteiger charge is 2.24. The molecule has 0 radical (unpaired) electrons. The molecule has 1 unspecified atom stereocenters. The molecule has 176 valence electrons. The van der Waals surface area contributed by atoms with E-state index in [1.807, 2.05) is 42.6 Å². The number of allylic oxidation sites excluding steroid dienone is 1. The number of nitrogens with one attached hydrogen (secondary N) is 3. The van der Waals surface area contributed by atoms with Crippen molar-refractivity contribution < 1.29 is 9.53 Å². The Bertz CT molecular complexity index is 1290. The lowest BCUT2D eigenvalue weighted by Gasteiger charge is -2.18. The number of carbonyl (C=O) groups is 1. The van der Waals surface area contributed by atoms with Crippen LogP contribution in [-0.4, -0.2) is 32.7 Å². The highest BCUT2D eigenvalue weighted by Crippen LogP contribution is 2.30. The molecular weight excluding hydrogens is 428 g/mol. The number of benzene rings is 1. The van der Waals surface area contributed by atoms with E-state index in [1.165, 1.54) is 0 Å². The van der Waals surface area contributed by atoms with Crippen LogP contribution in [-0.2, 0) is 4.79 Å². The van der Waals surface area contributed by atoms with Crippen molar-refractivity contribution in [3.8, 4) is 5.75 Å². The summed E-state index contributed by atoms with van der Waals surface area (Å²) in [7, 11) is 0. The third-order valence-corrected chi connectivity index (χ3v) is 5.88. The van der Waals surface area contributed by atoms with Crippen LogP contribution in [0.25, 0.3) is 11.7 Å². The first kappa shape index (κ1) is 22.0. The zero-order valence-corrected chi connectivity index (χ0v) is 19.8. The molecule has 1 saturated heterocycles. The Morgan fingerprint density at radius 1 is 1.26 bits per heavy atom. The average molecular weight is 459 g/mol. The second-order valence-electron chi connectivity index (χ2n) is 9.26. The molecule has 2 aliphatic rings. The van der Waals surface area contributed by atoms with E-state index in [1.54, 1.807) is 6.20 Å². The highest BCUT2D eigenvalue weighted by molar-refractivity contribution is 5.89. The van der Waals surface area contributed by atoms with Gasteiger partial charge in [0.15, 0.2) is 5.65 Å². The van der Waals surface area contributed by atoms with Crippen molar-refractivity contribution in [2.75, 3.05) is 10.6 Å². The van der Waals surface area contributed by atoms with Gasteiger partial charge in [-0.05, 0) is 63.0 Å². The van der Waals surface area contributed by atoms with E-state index >= 15 is 0 Å². The first-order chi connectivity index (χ1) is 16.4. The van der Waals surface area contributed by atoms with Gasteiger partial charge in [0.1, 0.15) is 17.4 Å². The van der Waals surface area contributed by atoms with Crippen LogP contribution in [0.2, 0.25) is 0 Å². The Morgan fingerprint density at radius 2 is 2.09 bits per heavy atom. The summed E-state index contributed by atoms with van der Waals surface area (Å²) in [5.74, 6) is 2.45. The summed E-state index contributed by atoms with van der Waals surface area (Å²) in [4.78, 5) is 16.6. The minimum atomic E-state index is -0.0448. The summed E-state index contributed by atoms with van der Waals surface area (Å²) < 4.78 is 7.68. The van der Waals surface area contributed by atoms with Crippen LogP contribution >= 0.6 is 0 Å². The van der Waals surface area contributed by atoms with Gasteiger partial charge in [-0.25, -0.2) is 4.98 Å². The van der Waals surface area contributed by atoms with Gasteiger partial charge in [0.25, 0.3) is 0 Å². The largest absolute Gasteiger partial charge is 0.491 e. The number of carbonyl (C=O) groups excluding carboxylic acids is 1. The molecule has 1 aliphatic carbocycles. The van der Waals surface area contributed by atoms with E-state index in [-0.39, 0.29) is 18.1 Å². The SMILES string of the molecule is C=C1NC(=O)C/C1=C\c1cnn2c(NC3CC3)cc(NC(C)c3cccc(OC(C)C)c3)nc12. The van der Waals surface area contributed by atoms with Crippen molar-refractivity contribution in [3.63, 3.8) is 0 Å². The van der Waals surface area contributed by atoms with Gasteiger partial charge in [-0.2, -0.15) is 9.61 Å². The maximum atomic E-state index is 11.8. The third-order valence-electron chi connectivity index (χ3n) is 5.88. The lowest BCUT2D eigenvalue weighted by molar-refractivity contribution is -0.118. The van der Waals surface area contributed by atoms with Crippen LogP contribution in [0.1, 0.15) is 57.2 Å². The van der Waals surface area contributed by atoms with Crippen molar-refractivity contribution in [2.45, 2.75) is 58.2 Å². The van der Waals surface area contributed by atoms with E-state index < -0.39 is 0 Å². The number of nitrogens with zero attached hydrogens (tertiary/aromatic N) is 3. The van der Waals surface area contributed by atoms with Crippen molar-refractivity contribution in [1.29, 1.82) is 0 Å². The van der Waals surface area contributed by atoms with Crippen LogP contribution in [0.4, 0.5) is 11.6 Å². The third kappa shape index (κ3) is 4.76. The first-order valence-corrected chi connectivity index (χ1v) is 11.7. The van der Waals surface area contributed by atoms with Gasteiger partial charge >= 0.3 is 0 Å². The maximum absolute atomic E-state index is 11.8. The Balaban J connectivity index is 1.47. The van der Waals surface area contributed by atoms with Crippen molar-refractivity contribution >= 4 is 29.3 Å². The number of ether oxygens (including phenoxy) is 1. The quantitative estimate of drug-likeness (QED) is 0.454. The van der Waals surface area contributed by atoms with Crippen molar-refractivity contribution in [2.24, 2.45) is 0 Å². The predicted molar refractivity (Wildman–Crippen MR) is 134 cm³/mol. The molecule has 1 aromatic carbocycles. The van der Waals surface area contributed by atoms with Gasteiger partial charge in [0.2, 0.25) is 5.91 Å². The van der Waals surface area contributed by atoms with Crippen LogP contribution < -0.4 is 20.7 Å². The number of hydrogen-bond donors (Lipinski definition) is 3. The number of aromatic nitrogens is 3. The van der Waals surface area contributed by atoms with Gasteiger partial charge in [0, 0.05) is 23.4 Å². The van der Waals surface area contributed by atoms with Gasteiger partial charge in [0.05, 0.1) is 24.8 Å². The summed E-state index contributed by atoms with van der Waals surface area (Å²) in [6.45, 7) is 10.1. The number of fused-ring (bicyclic) bond motifs is 1. The molecular formula is C26H30N6O2. The Kier molecular flexibility index (Phi) is 5.73. The molecule has 1 aliphatic heterocycles. The molecule has 0 spiro atoms. The fourth-order valence-electron chi connectivity index (χ4n) is 4.03. The molecule has 2 aromatic heterocycles. The molecule has 1 saturated carbocycles. The smallest absolute Gasteiger partial charge is 0.228 e. The van der Waals surface area contributed by atoms with E-state index in [9.17, 15) is 4.79 Å². The minimum Gasteiger partial charge on any atom is -0.491 e. The molecule has 3 heterocycles. The summed E-state index contributed by atoms with van der Waals surface area (Å²) in [6.07, 6.45) is 6.45. The predicted octanol–water partition coefficient (Wildman–Crippen LogP) is 4.68. The fraction of sp³-hybridized carbons (Fsp3) is 0.346.